The quantitative estimate of drug-likeness (QED) is 0.582. The Labute approximate surface area is 74.6 Å². The second kappa shape index (κ2) is 4.65. The molecule has 12 heavy (non-hydrogen) atoms. The number of hydrogen-bond acceptors (Lipinski definition) is 2. The number of hydrogen-bond donors (Lipinski definition) is 2. The Morgan fingerprint density at radius 2 is 1.25 bits per heavy atom. The van der Waals surface area contributed by atoms with Gasteiger partial charge >= 0.3 is 0 Å². The van der Waals surface area contributed by atoms with Gasteiger partial charge in [0.1, 0.15) is 0 Å². The Kier molecular flexibility index (Phi) is 4.19. The highest BCUT2D eigenvalue weighted by Gasteiger charge is 1.97. The van der Waals surface area contributed by atoms with E-state index in [9.17, 15) is 0 Å². The summed E-state index contributed by atoms with van der Waals surface area (Å²) in [6.45, 7) is 7.90. The lowest BCUT2D eigenvalue weighted by molar-refractivity contribution is 1.40. The summed E-state index contributed by atoms with van der Waals surface area (Å²) in [5, 5.41) is 0. The minimum Gasteiger partial charge on any atom is -0.398 e. The molecular formula is C10H18N2. The second-order valence-corrected chi connectivity index (χ2v) is 2.57. The third kappa shape index (κ3) is 2.46. The predicted molar refractivity (Wildman–Crippen MR) is 56.1 cm³/mol. The Morgan fingerprint density at radius 1 is 0.917 bits per heavy atom. The molecule has 4 N–H and O–H groups in total. The van der Waals surface area contributed by atoms with Crippen molar-refractivity contribution in [1.82, 2.24) is 0 Å². The molecule has 0 amide bonds. The minimum atomic E-state index is 0.775. The van der Waals surface area contributed by atoms with E-state index >= 15 is 0 Å². The van der Waals surface area contributed by atoms with Crippen molar-refractivity contribution in [3.05, 3.63) is 23.3 Å². The van der Waals surface area contributed by atoms with Crippen LogP contribution < -0.4 is 11.5 Å². The topological polar surface area (TPSA) is 52.0 Å². The molecule has 0 heterocycles. The van der Waals surface area contributed by atoms with Crippen LogP contribution in [-0.4, -0.2) is 0 Å². The Hall–Kier alpha value is -1.18. The van der Waals surface area contributed by atoms with E-state index in [0.717, 1.165) is 22.5 Å². The number of aryl methyl sites for hydroxylation is 1. The standard InChI is InChI=1S/C8H12N2.C2H6/c1-5-3-7(9)6(2)8(10)4-5;1-2/h3-4H,9-10H2,1-2H3;1-2H3. The summed E-state index contributed by atoms with van der Waals surface area (Å²) >= 11 is 0. The fourth-order valence-electron chi connectivity index (χ4n) is 0.915. The number of nitrogens with two attached hydrogens (primary N) is 2. The van der Waals surface area contributed by atoms with Gasteiger partial charge in [-0.1, -0.05) is 13.8 Å². The normalized spacial score (nSPS) is 8.67. The summed E-state index contributed by atoms with van der Waals surface area (Å²) in [4.78, 5) is 0. The molecule has 0 bridgehead atoms. The first-order valence-electron chi connectivity index (χ1n) is 4.23. The molecule has 1 rings (SSSR count). The van der Waals surface area contributed by atoms with E-state index in [1.165, 1.54) is 0 Å². The van der Waals surface area contributed by atoms with E-state index in [1.807, 2.05) is 39.8 Å². The molecule has 68 valence electrons. The average molecular weight is 166 g/mol. The fraction of sp³-hybridized carbons (Fsp3) is 0.400. The van der Waals surface area contributed by atoms with E-state index in [4.69, 9.17) is 11.5 Å². The van der Waals surface area contributed by atoms with Crippen molar-refractivity contribution in [2.45, 2.75) is 27.7 Å². The first-order chi connectivity index (χ1) is 5.61. The SMILES string of the molecule is CC.Cc1cc(N)c(C)c(N)c1. The van der Waals surface area contributed by atoms with Gasteiger partial charge < -0.3 is 11.5 Å². The molecule has 0 atom stereocenters. The van der Waals surface area contributed by atoms with Gasteiger partial charge in [-0.05, 0) is 37.1 Å². The molecule has 0 unspecified atom stereocenters. The number of anilines is 2. The predicted octanol–water partition coefficient (Wildman–Crippen LogP) is 2.49. The maximum atomic E-state index is 5.64. The van der Waals surface area contributed by atoms with Crippen molar-refractivity contribution in [3.63, 3.8) is 0 Å². The Balaban J connectivity index is 0.000000561. The van der Waals surface area contributed by atoms with Crippen molar-refractivity contribution in [3.8, 4) is 0 Å². The van der Waals surface area contributed by atoms with Crippen LogP contribution in [0, 0.1) is 13.8 Å². The van der Waals surface area contributed by atoms with Crippen LogP contribution >= 0.6 is 0 Å². The summed E-state index contributed by atoms with van der Waals surface area (Å²) in [6.07, 6.45) is 0. The molecule has 0 aromatic heterocycles. The van der Waals surface area contributed by atoms with Gasteiger partial charge in [0.05, 0.1) is 0 Å². The van der Waals surface area contributed by atoms with E-state index < -0.39 is 0 Å². The zero-order valence-electron chi connectivity index (χ0n) is 8.31. The number of nitrogen functional groups attached to an aromatic ring is 2. The maximum Gasteiger partial charge on any atom is 0.0367 e. The van der Waals surface area contributed by atoms with Crippen LogP contribution in [0.15, 0.2) is 12.1 Å². The van der Waals surface area contributed by atoms with Crippen molar-refractivity contribution < 1.29 is 0 Å². The first-order valence-corrected chi connectivity index (χ1v) is 4.23. The van der Waals surface area contributed by atoms with Gasteiger partial charge in [-0.15, -0.1) is 0 Å². The van der Waals surface area contributed by atoms with E-state index in [1.54, 1.807) is 0 Å². The lowest BCUT2D eigenvalue weighted by atomic mass is 10.1. The van der Waals surface area contributed by atoms with Gasteiger partial charge in [-0.25, -0.2) is 0 Å². The van der Waals surface area contributed by atoms with Crippen LogP contribution in [0.5, 0.6) is 0 Å². The highest BCUT2D eigenvalue weighted by molar-refractivity contribution is 5.62. The molecule has 0 saturated heterocycles. The highest BCUT2D eigenvalue weighted by atomic mass is 14.6. The van der Waals surface area contributed by atoms with Crippen LogP contribution in [0.3, 0.4) is 0 Å². The largest absolute Gasteiger partial charge is 0.398 e. The molecule has 0 aliphatic carbocycles. The fourth-order valence-corrected chi connectivity index (χ4v) is 0.915. The molecule has 2 heteroatoms. The summed E-state index contributed by atoms with van der Waals surface area (Å²) in [5.74, 6) is 0. The summed E-state index contributed by atoms with van der Waals surface area (Å²) in [7, 11) is 0. The van der Waals surface area contributed by atoms with Gasteiger partial charge in [0, 0.05) is 11.4 Å². The van der Waals surface area contributed by atoms with Gasteiger partial charge in [0.15, 0.2) is 0 Å². The maximum absolute atomic E-state index is 5.64. The number of benzene rings is 1. The Morgan fingerprint density at radius 3 is 1.58 bits per heavy atom. The second-order valence-electron chi connectivity index (χ2n) is 2.57. The van der Waals surface area contributed by atoms with Crippen LogP contribution in [0.4, 0.5) is 11.4 Å². The van der Waals surface area contributed by atoms with Crippen molar-refractivity contribution >= 4 is 11.4 Å². The molecule has 0 saturated carbocycles. The molecule has 2 nitrogen and oxygen atoms in total. The zero-order valence-corrected chi connectivity index (χ0v) is 8.31. The van der Waals surface area contributed by atoms with Gasteiger partial charge in [-0.3, -0.25) is 0 Å². The van der Waals surface area contributed by atoms with Crippen LogP contribution in [0.2, 0.25) is 0 Å². The van der Waals surface area contributed by atoms with E-state index in [-0.39, 0.29) is 0 Å². The molecular weight excluding hydrogens is 148 g/mol. The lowest BCUT2D eigenvalue weighted by Crippen LogP contribution is -1.96. The van der Waals surface area contributed by atoms with Gasteiger partial charge in [0.25, 0.3) is 0 Å². The van der Waals surface area contributed by atoms with Gasteiger partial charge in [-0.2, -0.15) is 0 Å². The molecule has 0 aliphatic rings. The van der Waals surface area contributed by atoms with E-state index in [2.05, 4.69) is 0 Å². The van der Waals surface area contributed by atoms with E-state index in [0.29, 0.717) is 0 Å². The van der Waals surface area contributed by atoms with Crippen LogP contribution in [0.1, 0.15) is 25.0 Å². The van der Waals surface area contributed by atoms with Crippen molar-refractivity contribution in [2.24, 2.45) is 0 Å². The highest BCUT2D eigenvalue weighted by Crippen LogP contribution is 2.19. The monoisotopic (exact) mass is 166 g/mol. The zero-order chi connectivity index (χ0) is 9.72. The molecule has 0 fully saturated rings. The third-order valence-electron chi connectivity index (χ3n) is 1.63. The molecule has 1 aromatic rings. The molecule has 0 aliphatic heterocycles. The Bertz CT molecular complexity index is 231. The summed E-state index contributed by atoms with van der Waals surface area (Å²) < 4.78 is 0. The van der Waals surface area contributed by atoms with Crippen LogP contribution in [-0.2, 0) is 0 Å². The lowest BCUT2D eigenvalue weighted by Gasteiger charge is -2.04. The molecule has 0 spiro atoms. The minimum absolute atomic E-state index is 0.775. The number of rotatable bonds is 0. The molecule has 0 radical (unpaired) electrons. The van der Waals surface area contributed by atoms with Gasteiger partial charge in [0.2, 0.25) is 0 Å². The summed E-state index contributed by atoms with van der Waals surface area (Å²) in [6, 6.07) is 3.84. The smallest absolute Gasteiger partial charge is 0.0367 e. The molecule has 1 aromatic carbocycles. The average Bonchev–Trinajstić information content (AvgIpc) is 2.04. The van der Waals surface area contributed by atoms with Crippen LogP contribution in [0.25, 0.3) is 0 Å². The third-order valence-corrected chi connectivity index (χ3v) is 1.63. The van der Waals surface area contributed by atoms with Crippen molar-refractivity contribution in [2.75, 3.05) is 11.5 Å². The summed E-state index contributed by atoms with van der Waals surface area (Å²) in [5.41, 5.74) is 14.9. The first kappa shape index (κ1) is 10.8. The van der Waals surface area contributed by atoms with Crippen molar-refractivity contribution in [1.29, 1.82) is 0 Å².